The average Bonchev–Trinajstić information content (AvgIpc) is 3.03. The van der Waals surface area contributed by atoms with Crippen molar-refractivity contribution in [3.8, 4) is 0 Å². The molecule has 1 aliphatic rings. The number of thiazole rings is 1. The van der Waals surface area contributed by atoms with Gasteiger partial charge in [0.1, 0.15) is 5.01 Å². The minimum atomic E-state index is 0.537. The molecule has 120 valence electrons. The summed E-state index contributed by atoms with van der Waals surface area (Å²) in [6.45, 7) is 9.96. The fourth-order valence-electron chi connectivity index (χ4n) is 2.72. The van der Waals surface area contributed by atoms with Crippen molar-refractivity contribution in [2.45, 2.75) is 83.4 Å². The zero-order valence-electron chi connectivity index (χ0n) is 13.9. The summed E-state index contributed by atoms with van der Waals surface area (Å²) in [7, 11) is 0. The first kappa shape index (κ1) is 17.3. The normalized spacial score (nSPS) is 16.5. The van der Waals surface area contributed by atoms with Crippen LogP contribution < -0.4 is 5.32 Å². The summed E-state index contributed by atoms with van der Waals surface area (Å²) in [5.74, 6) is 1.79. The van der Waals surface area contributed by atoms with Gasteiger partial charge in [0, 0.05) is 28.5 Å². The van der Waals surface area contributed by atoms with Gasteiger partial charge in [-0.25, -0.2) is 4.98 Å². The minimum absolute atomic E-state index is 0.537. The Morgan fingerprint density at radius 3 is 2.57 bits per heavy atom. The Kier molecular flexibility index (Phi) is 7.03. The fraction of sp³-hybridized carbons (Fsp3) is 0.824. The highest BCUT2D eigenvalue weighted by atomic mass is 32.2. The lowest BCUT2D eigenvalue weighted by atomic mass is 10.1. The molecule has 1 aromatic rings. The molecule has 2 rings (SSSR count). The Labute approximate surface area is 138 Å². The Balaban J connectivity index is 1.96. The van der Waals surface area contributed by atoms with Crippen LogP contribution in [0.5, 0.6) is 0 Å². The third-order valence-corrected chi connectivity index (χ3v) is 6.50. The van der Waals surface area contributed by atoms with E-state index in [0.29, 0.717) is 12.0 Å². The van der Waals surface area contributed by atoms with Crippen LogP contribution in [0, 0.1) is 5.92 Å². The molecular weight excluding hydrogens is 296 g/mol. The SMILES string of the molecule is CC(C)Cc1nc(CSC2CCCC2)sc1CNC(C)C. The van der Waals surface area contributed by atoms with Crippen molar-refractivity contribution in [3.05, 3.63) is 15.6 Å². The lowest BCUT2D eigenvalue weighted by Gasteiger charge is -2.08. The number of aromatic nitrogens is 1. The largest absolute Gasteiger partial charge is 0.310 e. The van der Waals surface area contributed by atoms with Crippen molar-refractivity contribution in [2.75, 3.05) is 0 Å². The van der Waals surface area contributed by atoms with Crippen LogP contribution in [0.3, 0.4) is 0 Å². The molecule has 1 N–H and O–H groups in total. The van der Waals surface area contributed by atoms with E-state index < -0.39 is 0 Å². The van der Waals surface area contributed by atoms with Crippen LogP contribution in [0.25, 0.3) is 0 Å². The highest BCUT2D eigenvalue weighted by Gasteiger charge is 2.17. The van der Waals surface area contributed by atoms with E-state index in [-0.39, 0.29) is 0 Å². The maximum atomic E-state index is 4.95. The maximum Gasteiger partial charge on any atom is 0.103 e. The van der Waals surface area contributed by atoms with Crippen LogP contribution in [-0.4, -0.2) is 16.3 Å². The van der Waals surface area contributed by atoms with Gasteiger partial charge in [-0.05, 0) is 25.2 Å². The predicted octanol–water partition coefficient (Wildman–Crippen LogP) is 5.02. The molecule has 0 unspecified atom stereocenters. The zero-order chi connectivity index (χ0) is 15.2. The smallest absolute Gasteiger partial charge is 0.103 e. The van der Waals surface area contributed by atoms with E-state index in [9.17, 15) is 0 Å². The number of thioether (sulfide) groups is 1. The van der Waals surface area contributed by atoms with Gasteiger partial charge in [0.25, 0.3) is 0 Å². The highest BCUT2D eigenvalue weighted by Crippen LogP contribution is 2.33. The predicted molar refractivity (Wildman–Crippen MR) is 96.2 cm³/mol. The summed E-state index contributed by atoms with van der Waals surface area (Å²) in [5, 5.41) is 5.77. The molecule has 1 heterocycles. The first-order chi connectivity index (χ1) is 10.0. The van der Waals surface area contributed by atoms with Gasteiger partial charge in [0.05, 0.1) is 5.69 Å². The van der Waals surface area contributed by atoms with E-state index in [1.54, 1.807) is 0 Å². The molecule has 0 aliphatic heterocycles. The van der Waals surface area contributed by atoms with Gasteiger partial charge < -0.3 is 5.32 Å². The highest BCUT2D eigenvalue weighted by molar-refractivity contribution is 7.99. The molecule has 0 bridgehead atoms. The number of nitrogens with one attached hydrogen (secondary N) is 1. The molecule has 1 aliphatic carbocycles. The first-order valence-corrected chi connectivity index (χ1v) is 10.2. The molecule has 21 heavy (non-hydrogen) atoms. The van der Waals surface area contributed by atoms with E-state index in [4.69, 9.17) is 4.98 Å². The summed E-state index contributed by atoms with van der Waals surface area (Å²) >= 11 is 4.06. The van der Waals surface area contributed by atoms with Crippen LogP contribution in [0.15, 0.2) is 0 Å². The molecule has 1 fully saturated rings. The third-order valence-electron chi connectivity index (χ3n) is 3.84. The van der Waals surface area contributed by atoms with Gasteiger partial charge >= 0.3 is 0 Å². The van der Waals surface area contributed by atoms with Gasteiger partial charge in [0.2, 0.25) is 0 Å². The van der Waals surface area contributed by atoms with E-state index in [0.717, 1.165) is 24.0 Å². The van der Waals surface area contributed by atoms with Crippen LogP contribution in [0.1, 0.15) is 69.0 Å². The molecule has 0 amide bonds. The molecule has 0 radical (unpaired) electrons. The Bertz CT molecular complexity index is 420. The van der Waals surface area contributed by atoms with Crippen molar-refractivity contribution in [3.63, 3.8) is 0 Å². The maximum absolute atomic E-state index is 4.95. The number of hydrogen-bond acceptors (Lipinski definition) is 4. The van der Waals surface area contributed by atoms with Crippen molar-refractivity contribution in [1.82, 2.24) is 10.3 Å². The second-order valence-electron chi connectivity index (χ2n) is 6.83. The summed E-state index contributed by atoms with van der Waals surface area (Å²) in [4.78, 5) is 6.40. The third kappa shape index (κ3) is 5.91. The monoisotopic (exact) mass is 326 g/mol. The van der Waals surface area contributed by atoms with Gasteiger partial charge in [-0.15, -0.1) is 11.3 Å². The zero-order valence-corrected chi connectivity index (χ0v) is 15.6. The molecule has 0 atom stereocenters. The van der Waals surface area contributed by atoms with Crippen molar-refractivity contribution in [2.24, 2.45) is 5.92 Å². The summed E-state index contributed by atoms with van der Waals surface area (Å²) in [6.07, 6.45) is 6.79. The lowest BCUT2D eigenvalue weighted by molar-refractivity contribution is 0.581. The summed E-state index contributed by atoms with van der Waals surface area (Å²) in [6, 6.07) is 0.537. The lowest BCUT2D eigenvalue weighted by Crippen LogP contribution is -2.22. The average molecular weight is 327 g/mol. The molecule has 0 saturated heterocycles. The number of rotatable bonds is 8. The standard InChI is InChI=1S/C17H30N2S2/c1-12(2)9-15-16(10-18-13(3)4)21-17(19-15)11-20-14-7-5-6-8-14/h12-14,18H,5-11H2,1-4H3. The van der Waals surface area contributed by atoms with E-state index in [1.165, 1.54) is 41.3 Å². The van der Waals surface area contributed by atoms with Crippen molar-refractivity contribution < 1.29 is 0 Å². The topological polar surface area (TPSA) is 24.9 Å². The Morgan fingerprint density at radius 1 is 1.24 bits per heavy atom. The van der Waals surface area contributed by atoms with Gasteiger partial charge in [-0.1, -0.05) is 40.5 Å². The van der Waals surface area contributed by atoms with E-state index in [1.807, 2.05) is 11.3 Å². The summed E-state index contributed by atoms with van der Waals surface area (Å²) in [5.41, 5.74) is 1.34. The molecule has 1 aromatic heterocycles. The Morgan fingerprint density at radius 2 is 1.95 bits per heavy atom. The van der Waals surface area contributed by atoms with Gasteiger partial charge in [-0.2, -0.15) is 11.8 Å². The van der Waals surface area contributed by atoms with Crippen molar-refractivity contribution in [1.29, 1.82) is 0 Å². The van der Waals surface area contributed by atoms with E-state index >= 15 is 0 Å². The quantitative estimate of drug-likeness (QED) is 0.726. The van der Waals surface area contributed by atoms with E-state index in [2.05, 4.69) is 44.8 Å². The molecule has 0 spiro atoms. The second-order valence-corrected chi connectivity index (χ2v) is 9.29. The van der Waals surface area contributed by atoms with Crippen LogP contribution >= 0.6 is 23.1 Å². The molecule has 2 nitrogen and oxygen atoms in total. The van der Waals surface area contributed by atoms with Crippen molar-refractivity contribution >= 4 is 23.1 Å². The first-order valence-electron chi connectivity index (χ1n) is 8.37. The minimum Gasteiger partial charge on any atom is -0.310 e. The van der Waals surface area contributed by atoms with Crippen LogP contribution in [0.4, 0.5) is 0 Å². The number of nitrogens with zero attached hydrogens (tertiary/aromatic N) is 1. The molecular formula is C17H30N2S2. The molecule has 1 saturated carbocycles. The van der Waals surface area contributed by atoms with Crippen LogP contribution in [0.2, 0.25) is 0 Å². The second kappa shape index (κ2) is 8.54. The molecule has 4 heteroatoms. The molecule has 0 aromatic carbocycles. The van der Waals surface area contributed by atoms with Crippen LogP contribution in [-0.2, 0) is 18.7 Å². The summed E-state index contributed by atoms with van der Waals surface area (Å²) < 4.78 is 0. The van der Waals surface area contributed by atoms with Gasteiger partial charge in [-0.3, -0.25) is 0 Å². The fourth-order valence-corrected chi connectivity index (χ4v) is 5.12. The van der Waals surface area contributed by atoms with Gasteiger partial charge in [0.15, 0.2) is 0 Å². The Hall–Kier alpha value is -0.0600. The number of hydrogen-bond donors (Lipinski definition) is 1.